The van der Waals surface area contributed by atoms with Crippen molar-refractivity contribution in [2.24, 2.45) is 11.8 Å². The second kappa shape index (κ2) is 5.79. The molecule has 3 atom stereocenters. The lowest BCUT2D eigenvalue weighted by Gasteiger charge is -2.19. The number of nitrogens with zero attached hydrogens (tertiary/aromatic N) is 1. The molecule has 20 heavy (non-hydrogen) atoms. The van der Waals surface area contributed by atoms with Crippen LogP contribution in [0.1, 0.15) is 37.0 Å². The summed E-state index contributed by atoms with van der Waals surface area (Å²) in [5.41, 5.74) is -0.306. The van der Waals surface area contributed by atoms with Gasteiger partial charge in [-0.3, -0.25) is 14.9 Å². The van der Waals surface area contributed by atoms with Gasteiger partial charge in [0.15, 0.2) is 0 Å². The smallest absolute Gasteiger partial charge is 0.300 e. The maximum absolute atomic E-state index is 12.3. The van der Waals surface area contributed by atoms with Crippen molar-refractivity contribution in [1.29, 1.82) is 0 Å². The average molecular weight is 297 g/mol. The van der Waals surface area contributed by atoms with Gasteiger partial charge in [-0.15, -0.1) is 0 Å². The quantitative estimate of drug-likeness (QED) is 0.686. The van der Waals surface area contributed by atoms with Crippen molar-refractivity contribution in [3.8, 4) is 0 Å². The molecule has 0 radical (unpaired) electrons. The first-order chi connectivity index (χ1) is 9.41. The van der Waals surface area contributed by atoms with Gasteiger partial charge in [-0.05, 0) is 36.8 Å². The molecule has 2 rings (SSSR count). The molecule has 1 aliphatic rings. The molecule has 6 heteroatoms. The fraction of sp³-hybridized carbons (Fsp3) is 0.500. The third kappa shape index (κ3) is 2.77. The number of amides is 1. The van der Waals surface area contributed by atoms with Crippen LogP contribution >= 0.6 is 11.6 Å². The number of benzene rings is 1. The molecule has 1 amide bonds. The second-order valence-electron chi connectivity index (χ2n) is 5.39. The topological polar surface area (TPSA) is 72.2 Å². The van der Waals surface area contributed by atoms with Gasteiger partial charge < -0.3 is 5.32 Å². The number of nitro benzene ring substituents is 1. The molecular formula is C14H17ClN2O3. The van der Waals surface area contributed by atoms with Gasteiger partial charge in [0, 0.05) is 6.04 Å². The Morgan fingerprint density at radius 1 is 1.40 bits per heavy atom. The average Bonchev–Trinajstić information content (AvgIpc) is 2.70. The van der Waals surface area contributed by atoms with Gasteiger partial charge in [0.05, 0.1) is 4.92 Å². The SMILES string of the molecule is CC1CCC(NC(=O)c2cccc(Cl)c2[N+](=O)[O-])C1C. The van der Waals surface area contributed by atoms with Crippen LogP contribution in [0.15, 0.2) is 18.2 Å². The molecule has 0 aromatic heterocycles. The normalized spacial score (nSPS) is 25.4. The summed E-state index contributed by atoms with van der Waals surface area (Å²) in [5, 5.41) is 13.9. The fourth-order valence-electron chi connectivity index (χ4n) is 2.70. The van der Waals surface area contributed by atoms with Crippen molar-refractivity contribution in [2.75, 3.05) is 0 Å². The molecule has 1 N–H and O–H groups in total. The van der Waals surface area contributed by atoms with Crippen LogP contribution in [0, 0.1) is 22.0 Å². The van der Waals surface area contributed by atoms with Crippen LogP contribution in [-0.2, 0) is 0 Å². The van der Waals surface area contributed by atoms with Crippen molar-refractivity contribution in [1.82, 2.24) is 5.32 Å². The van der Waals surface area contributed by atoms with Gasteiger partial charge in [0.1, 0.15) is 10.6 Å². The molecular weight excluding hydrogens is 280 g/mol. The van der Waals surface area contributed by atoms with E-state index in [-0.39, 0.29) is 22.3 Å². The minimum absolute atomic E-state index is 0.0181. The predicted molar refractivity (Wildman–Crippen MR) is 76.9 cm³/mol. The zero-order valence-corrected chi connectivity index (χ0v) is 12.2. The molecule has 0 bridgehead atoms. The van der Waals surface area contributed by atoms with Crippen LogP contribution in [0.25, 0.3) is 0 Å². The number of carbonyl (C=O) groups excluding carboxylic acids is 1. The predicted octanol–water partition coefficient (Wildman–Crippen LogP) is 3.41. The van der Waals surface area contributed by atoms with Crippen molar-refractivity contribution < 1.29 is 9.72 Å². The first-order valence-corrected chi connectivity index (χ1v) is 7.03. The van der Waals surface area contributed by atoms with Crippen LogP contribution in [-0.4, -0.2) is 16.9 Å². The van der Waals surface area contributed by atoms with Crippen LogP contribution in [0.5, 0.6) is 0 Å². The number of para-hydroxylation sites is 1. The Balaban J connectivity index is 2.22. The van der Waals surface area contributed by atoms with Gasteiger partial charge in [-0.2, -0.15) is 0 Å². The summed E-state index contributed by atoms with van der Waals surface area (Å²) in [4.78, 5) is 22.7. The fourth-order valence-corrected chi connectivity index (χ4v) is 2.94. The first-order valence-electron chi connectivity index (χ1n) is 6.65. The molecule has 0 saturated heterocycles. The number of hydrogen-bond acceptors (Lipinski definition) is 3. The van der Waals surface area contributed by atoms with Gasteiger partial charge in [-0.1, -0.05) is 31.5 Å². The minimum atomic E-state index is -0.613. The number of nitro groups is 1. The Bertz CT molecular complexity index is 547. The standard InChI is InChI=1S/C14H17ClN2O3/c1-8-6-7-12(9(8)2)16-14(18)10-4-3-5-11(15)13(10)17(19)20/h3-5,8-9,12H,6-7H2,1-2H3,(H,16,18). The van der Waals surface area contributed by atoms with E-state index in [1.165, 1.54) is 12.1 Å². The van der Waals surface area contributed by atoms with Crippen LogP contribution in [0.2, 0.25) is 5.02 Å². The highest BCUT2D eigenvalue weighted by Crippen LogP contribution is 2.32. The molecule has 0 aliphatic heterocycles. The highest BCUT2D eigenvalue weighted by molar-refractivity contribution is 6.33. The Morgan fingerprint density at radius 2 is 2.10 bits per heavy atom. The lowest BCUT2D eigenvalue weighted by Crippen LogP contribution is -2.37. The van der Waals surface area contributed by atoms with Crippen LogP contribution in [0.4, 0.5) is 5.69 Å². The van der Waals surface area contributed by atoms with E-state index in [9.17, 15) is 14.9 Å². The van der Waals surface area contributed by atoms with Crippen LogP contribution in [0.3, 0.4) is 0 Å². The van der Waals surface area contributed by atoms with E-state index in [0.717, 1.165) is 12.8 Å². The third-order valence-corrected chi connectivity index (χ3v) is 4.50. The van der Waals surface area contributed by atoms with Crippen molar-refractivity contribution >= 4 is 23.2 Å². The summed E-state index contributed by atoms with van der Waals surface area (Å²) in [5.74, 6) is 0.497. The van der Waals surface area contributed by atoms with E-state index >= 15 is 0 Å². The van der Waals surface area contributed by atoms with E-state index in [2.05, 4.69) is 19.2 Å². The van der Waals surface area contributed by atoms with E-state index in [1.807, 2.05) is 0 Å². The molecule has 5 nitrogen and oxygen atoms in total. The third-order valence-electron chi connectivity index (χ3n) is 4.20. The molecule has 0 heterocycles. The van der Waals surface area contributed by atoms with Gasteiger partial charge in [0.2, 0.25) is 0 Å². The maximum atomic E-state index is 12.3. The van der Waals surface area contributed by atoms with E-state index in [4.69, 9.17) is 11.6 Å². The molecule has 1 fully saturated rings. The monoisotopic (exact) mass is 296 g/mol. The van der Waals surface area contributed by atoms with E-state index in [1.54, 1.807) is 6.07 Å². The molecule has 3 unspecified atom stereocenters. The second-order valence-corrected chi connectivity index (χ2v) is 5.79. The highest BCUT2D eigenvalue weighted by Gasteiger charge is 2.32. The molecule has 1 aromatic carbocycles. The zero-order chi connectivity index (χ0) is 14.9. The Hall–Kier alpha value is -1.62. The summed E-state index contributed by atoms with van der Waals surface area (Å²) in [6, 6.07) is 4.46. The minimum Gasteiger partial charge on any atom is -0.349 e. The molecule has 1 aromatic rings. The van der Waals surface area contributed by atoms with Gasteiger partial charge in [0.25, 0.3) is 5.91 Å². The van der Waals surface area contributed by atoms with E-state index in [0.29, 0.717) is 11.8 Å². The molecule has 108 valence electrons. The number of nitrogens with one attached hydrogen (secondary N) is 1. The summed E-state index contributed by atoms with van der Waals surface area (Å²) in [7, 11) is 0. The highest BCUT2D eigenvalue weighted by atomic mass is 35.5. The molecule has 1 saturated carbocycles. The Labute approximate surface area is 122 Å². The van der Waals surface area contributed by atoms with Gasteiger partial charge >= 0.3 is 5.69 Å². The molecule has 0 spiro atoms. The summed E-state index contributed by atoms with van der Waals surface area (Å²) < 4.78 is 0. The number of carbonyl (C=O) groups is 1. The van der Waals surface area contributed by atoms with Gasteiger partial charge in [-0.25, -0.2) is 0 Å². The number of rotatable bonds is 3. The van der Waals surface area contributed by atoms with Crippen molar-refractivity contribution in [3.05, 3.63) is 38.9 Å². The number of hydrogen-bond donors (Lipinski definition) is 1. The van der Waals surface area contributed by atoms with Crippen molar-refractivity contribution in [3.63, 3.8) is 0 Å². The lowest BCUT2D eigenvalue weighted by molar-refractivity contribution is -0.385. The Kier molecular flexibility index (Phi) is 4.28. The first kappa shape index (κ1) is 14.8. The van der Waals surface area contributed by atoms with Crippen molar-refractivity contribution in [2.45, 2.75) is 32.7 Å². The van der Waals surface area contributed by atoms with E-state index < -0.39 is 10.8 Å². The summed E-state index contributed by atoms with van der Waals surface area (Å²) >= 11 is 5.82. The maximum Gasteiger partial charge on any atom is 0.300 e. The lowest BCUT2D eigenvalue weighted by atomic mass is 9.97. The largest absolute Gasteiger partial charge is 0.349 e. The Morgan fingerprint density at radius 3 is 2.65 bits per heavy atom. The number of halogens is 1. The van der Waals surface area contributed by atoms with Crippen LogP contribution < -0.4 is 5.32 Å². The zero-order valence-electron chi connectivity index (χ0n) is 11.4. The molecule has 1 aliphatic carbocycles. The summed E-state index contributed by atoms with van der Waals surface area (Å²) in [6.45, 7) is 4.24. The summed E-state index contributed by atoms with van der Waals surface area (Å²) in [6.07, 6.45) is 1.96.